The maximum Gasteiger partial charge on any atom is 0.416 e. The minimum atomic E-state index is -4.78. The minimum absolute atomic E-state index is 0.292. The lowest BCUT2D eigenvalue weighted by atomic mass is 10.1. The summed E-state index contributed by atoms with van der Waals surface area (Å²) in [4.78, 5) is 12.7. The second kappa shape index (κ2) is 5.69. The molecule has 0 radical (unpaired) electrons. The molecule has 22 heavy (non-hydrogen) atoms. The van der Waals surface area contributed by atoms with E-state index in [0.717, 1.165) is 17.0 Å². The van der Waals surface area contributed by atoms with Gasteiger partial charge in [0.1, 0.15) is 11.1 Å². The summed E-state index contributed by atoms with van der Waals surface area (Å²) in [5.74, 6) is -1.67. The van der Waals surface area contributed by atoms with Crippen LogP contribution in [0.25, 0.3) is 0 Å². The van der Waals surface area contributed by atoms with Crippen molar-refractivity contribution in [1.29, 1.82) is 0 Å². The van der Waals surface area contributed by atoms with E-state index in [1.807, 2.05) is 0 Å². The Labute approximate surface area is 128 Å². The van der Waals surface area contributed by atoms with Crippen molar-refractivity contribution in [2.45, 2.75) is 24.4 Å². The molecule has 2 rings (SSSR count). The van der Waals surface area contributed by atoms with Crippen molar-refractivity contribution in [3.8, 4) is 0 Å². The molecule has 1 unspecified atom stereocenters. The quantitative estimate of drug-likeness (QED) is 0.615. The highest BCUT2D eigenvalue weighted by Crippen LogP contribution is 2.34. The summed E-state index contributed by atoms with van der Waals surface area (Å²) >= 11 is 0. The van der Waals surface area contributed by atoms with Gasteiger partial charge >= 0.3 is 6.18 Å². The van der Waals surface area contributed by atoms with Crippen LogP contribution in [0, 0.1) is 5.82 Å². The lowest BCUT2D eigenvalue weighted by molar-refractivity contribution is -0.139. The van der Waals surface area contributed by atoms with Crippen LogP contribution in [-0.2, 0) is 26.6 Å². The molecular formula is C12H10ClF4NO3S. The summed E-state index contributed by atoms with van der Waals surface area (Å²) in [5, 5.41) is -1.16. The van der Waals surface area contributed by atoms with Crippen LogP contribution in [0.15, 0.2) is 18.2 Å². The molecule has 1 aliphatic rings. The molecular weight excluding hydrogens is 350 g/mol. The zero-order chi connectivity index (χ0) is 16.7. The van der Waals surface area contributed by atoms with Gasteiger partial charge in [-0.3, -0.25) is 4.79 Å². The SMILES string of the molecule is O=C1CC(S(=O)(=O)Cl)CN1Cc1ccc(F)cc1C(F)(F)F. The van der Waals surface area contributed by atoms with Gasteiger partial charge in [-0.15, -0.1) is 0 Å². The molecule has 1 saturated heterocycles. The van der Waals surface area contributed by atoms with E-state index in [4.69, 9.17) is 10.7 Å². The van der Waals surface area contributed by atoms with Crippen molar-refractivity contribution in [3.63, 3.8) is 0 Å². The average Bonchev–Trinajstić information content (AvgIpc) is 2.72. The van der Waals surface area contributed by atoms with Crippen LogP contribution in [-0.4, -0.2) is 31.0 Å². The Hall–Kier alpha value is -1.35. The number of halogens is 5. The van der Waals surface area contributed by atoms with Gasteiger partial charge < -0.3 is 4.90 Å². The largest absolute Gasteiger partial charge is 0.416 e. The van der Waals surface area contributed by atoms with E-state index >= 15 is 0 Å². The standard InChI is InChI=1S/C12H10ClF4NO3S/c13-22(20,21)9-4-11(19)18(6-9)5-7-1-2-8(14)3-10(7)12(15,16)17/h1-3,9H,4-6H2. The predicted molar refractivity (Wildman–Crippen MR) is 70.0 cm³/mol. The zero-order valence-corrected chi connectivity index (χ0v) is 12.5. The van der Waals surface area contributed by atoms with Gasteiger partial charge in [0.05, 0.1) is 5.56 Å². The Balaban J connectivity index is 2.27. The molecule has 0 aliphatic carbocycles. The molecule has 0 N–H and O–H groups in total. The van der Waals surface area contributed by atoms with Gasteiger partial charge in [0, 0.05) is 30.2 Å². The maximum absolute atomic E-state index is 13.0. The Bertz CT molecular complexity index is 705. The van der Waals surface area contributed by atoms with Crippen molar-refractivity contribution < 1.29 is 30.8 Å². The van der Waals surface area contributed by atoms with Crippen molar-refractivity contribution in [2.75, 3.05) is 6.54 Å². The van der Waals surface area contributed by atoms with Crippen LogP contribution >= 0.6 is 10.7 Å². The van der Waals surface area contributed by atoms with Gasteiger partial charge in [-0.2, -0.15) is 13.2 Å². The summed E-state index contributed by atoms with van der Waals surface area (Å²) in [7, 11) is 1.18. The van der Waals surface area contributed by atoms with Gasteiger partial charge in [0.25, 0.3) is 0 Å². The highest BCUT2D eigenvalue weighted by Gasteiger charge is 2.39. The predicted octanol–water partition coefficient (Wildman–Crippen LogP) is 2.51. The molecule has 1 aliphatic heterocycles. The second-order valence-corrected chi connectivity index (χ2v) is 7.78. The van der Waals surface area contributed by atoms with E-state index in [9.17, 15) is 30.8 Å². The van der Waals surface area contributed by atoms with Crippen LogP contribution in [0.1, 0.15) is 17.5 Å². The zero-order valence-electron chi connectivity index (χ0n) is 10.9. The molecule has 1 aromatic rings. The van der Waals surface area contributed by atoms with E-state index in [0.29, 0.717) is 6.07 Å². The highest BCUT2D eigenvalue weighted by atomic mass is 35.7. The van der Waals surface area contributed by atoms with Gasteiger partial charge in [-0.1, -0.05) is 6.07 Å². The van der Waals surface area contributed by atoms with Crippen LogP contribution in [0.3, 0.4) is 0 Å². The molecule has 1 fully saturated rings. The van der Waals surface area contributed by atoms with E-state index in [1.54, 1.807) is 0 Å². The number of amides is 1. The molecule has 0 aromatic heterocycles. The molecule has 1 amide bonds. The number of carbonyl (C=O) groups excluding carboxylic acids is 1. The number of carbonyl (C=O) groups is 1. The summed E-state index contributed by atoms with van der Waals surface area (Å²) in [6.45, 7) is -0.754. The van der Waals surface area contributed by atoms with Gasteiger partial charge in [-0.25, -0.2) is 12.8 Å². The number of rotatable bonds is 3. The fourth-order valence-corrected chi connectivity index (χ4v) is 3.29. The van der Waals surface area contributed by atoms with Gasteiger partial charge in [0.2, 0.25) is 15.0 Å². The lowest BCUT2D eigenvalue weighted by Crippen LogP contribution is -2.28. The highest BCUT2D eigenvalue weighted by molar-refractivity contribution is 8.14. The topological polar surface area (TPSA) is 54.5 Å². The van der Waals surface area contributed by atoms with Crippen LogP contribution in [0.5, 0.6) is 0 Å². The maximum atomic E-state index is 13.0. The van der Waals surface area contributed by atoms with E-state index in [-0.39, 0.29) is 18.5 Å². The third-order valence-corrected chi connectivity index (χ3v) is 5.18. The Kier molecular flexibility index (Phi) is 4.40. The van der Waals surface area contributed by atoms with E-state index in [1.165, 1.54) is 0 Å². The molecule has 4 nitrogen and oxygen atoms in total. The average molecular weight is 360 g/mol. The lowest BCUT2D eigenvalue weighted by Gasteiger charge is -2.19. The molecule has 0 saturated carbocycles. The molecule has 1 aromatic carbocycles. The first kappa shape index (κ1) is 17.0. The van der Waals surface area contributed by atoms with Gasteiger partial charge in [-0.05, 0) is 17.7 Å². The molecule has 122 valence electrons. The van der Waals surface area contributed by atoms with Crippen molar-refractivity contribution in [2.24, 2.45) is 0 Å². The Morgan fingerprint density at radius 2 is 1.95 bits per heavy atom. The smallest absolute Gasteiger partial charge is 0.337 e. The van der Waals surface area contributed by atoms with Gasteiger partial charge in [0.15, 0.2) is 0 Å². The van der Waals surface area contributed by atoms with E-state index in [2.05, 4.69) is 0 Å². The normalized spacial score (nSPS) is 19.8. The van der Waals surface area contributed by atoms with Crippen molar-refractivity contribution in [3.05, 3.63) is 35.1 Å². The molecule has 0 bridgehead atoms. The third kappa shape index (κ3) is 3.70. The number of hydrogen-bond donors (Lipinski definition) is 0. The summed E-state index contributed by atoms with van der Waals surface area (Å²) in [6, 6.07) is 2.11. The van der Waals surface area contributed by atoms with E-state index < -0.39 is 44.3 Å². The Morgan fingerprint density at radius 1 is 1.32 bits per heavy atom. The molecule has 10 heteroatoms. The summed E-state index contributed by atoms with van der Waals surface area (Å²) in [6.07, 6.45) is -5.16. The molecule has 1 heterocycles. The second-order valence-electron chi connectivity index (χ2n) is 4.88. The first-order valence-corrected chi connectivity index (χ1v) is 8.42. The first-order valence-electron chi connectivity index (χ1n) is 6.05. The number of alkyl halides is 3. The number of hydrogen-bond acceptors (Lipinski definition) is 3. The molecule has 1 atom stereocenters. The first-order chi connectivity index (χ1) is 9.98. The van der Waals surface area contributed by atoms with Crippen LogP contribution in [0.4, 0.5) is 17.6 Å². The Morgan fingerprint density at radius 3 is 2.45 bits per heavy atom. The van der Waals surface area contributed by atoms with Crippen LogP contribution < -0.4 is 0 Å². The van der Waals surface area contributed by atoms with Crippen molar-refractivity contribution in [1.82, 2.24) is 4.90 Å². The van der Waals surface area contributed by atoms with Crippen LogP contribution in [0.2, 0.25) is 0 Å². The monoisotopic (exact) mass is 359 g/mol. The fraction of sp³-hybridized carbons (Fsp3) is 0.417. The number of nitrogens with zero attached hydrogens (tertiary/aromatic N) is 1. The number of benzene rings is 1. The third-order valence-electron chi connectivity index (χ3n) is 3.32. The minimum Gasteiger partial charge on any atom is -0.337 e. The summed E-state index contributed by atoms with van der Waals surface area (Å²) in [5.41, 5.74) is -1.51. The number of likely N-dealkylation sites (tertiary alicyclic amines) is 1. The fourth-order valence-electron chi connectivity index (χ4n) is 2.23. The van der Waals surface area contributed by atoms with Crippen molar-refractivity contribution >= 4 is 25.6 Å². The summed E-state index contributed by atoms with van der Waals surface area (Å²) < 4.78 is 74.1. The molecule has 0 spiro atoms.